The van der Waals surface area contributed by atoms with E-state index in [0.717, 1.165) is 12.8 Å². The van der Waals surface area contributed by atoms with Crippen LogP contribution in [0.1, 0.15) is 36.5 Å². The molecule has 80 valence electrons. The Bertz CT molecular complexity index is 455. The molecule has 4 heteroatoms. The summed E-state index contributed by atoms with van der Waals surface area (Å²) in [5.74, 6) is -0.107. The van der Waals surface area contributed by atoms with Gasteiger partial charge in [0.25, 0.3) is 5.56 Å². The molecule has 0 unspecified atom stereocenters. The van der Waals surface area contributed by atoms with Crippen LogP contribution in [0.5, 0.6) is 5.88 Å². The van der Waals surface area contributed by atoms with Gasteiger partial charge in [0.1, 0.15) is 11.6 Å². The Morgan fingerprint density at radius 2 is 2.20 bits per heavy atom. The van der Waals surface area contributed by atoms with Gasteiger partial charge in [-0.1, -0.05) is 13.3 Å². The lowest BCUT2D eigenvalue weighted by atomic mass is 10.0. The number of aromatic amines is 1. The molecule has 0 aromatic carbocycles. The number of hydrogen-bond acceptors (Lipinski definition) is 3. The molecule has 0 atom stereocenters. The highest BCUT2D eigenvalue weighted by Gasteiger charge is 2.12. The van der Waals surface area contributed by atoms with Crippen LogP contribution in [0, 0.1) is 18.3 Å². The van der Waals surface area contributed by atoms with Crippen molar-refractivity contribution in [2.45, 2.75) is 33.1 Å². The molecule has 0 fully saturated rings. The van der Waals surface area contributed by atoms with E-state index >= 15 is 0 Å². The Morgan fingerprint density at radius 1 is 1.53 bits per heavy atom. The Labute approximate surface area is 88.2 Å². The van der Waals surface area contributed by atoms with Gasteiger partial charge in [0, 0.05) is 5.56 Å². The van der Waals surface area contributed by atoms with Crippen molar-refractivity contribution in [1.82, 2.24) is 4.98 Å². The van der Waals surface area contributed by atoms with Crippen LogP contribution in [-0.2, 0) is 6.42 Å². The third-order valence-corrected chi connectivity index (χ3v) is 2.46. The summed E-state index contributed by atoms with van der Waals surface area (Å²) >= 11 is 0. The fraction of sp³-hybridized carbons (Fsp3) is 0.455. The molecule has 1 aromatic heterocycles. The average Bonchev–Trinajstić information content (AvgIpc) is 2.17. The van der Waals surface area contributed by atoms with Gasteiger partial charge in [0.15, 0.2) is 5.88 Å². The zero-order valence-corrected chi connectivity index (χ0v) is 8.92. The Hall–Kier alpha value is -1.76. The molecule has 1 rings (SSSR count). The molecule has 0 bridgehead atoms. The number of pyridine rings is 1. The number of hydrogen-bond donors (Lipinski definition) is 2. The Kier molecular flexibility index (Phi) is 3.51. The van der Waals surface area contributed by atoms with Crippen molar-refractivity contribution < 1.29 is 5.11 Å². The van der Waals surface area contributed by atoms with Crippen LogP contribution in [0.3, 0.4) is 0 Å². The van der Waals surface area contributed by atoms with E-state index in [9.17, 15) is 9.90 Å². The van der Waals surface area contributed by atoms with Crippen molar-refractivity contribution in [3.63, 3.8) is 0 Å². The van der Waals surface area contributed by atoms with E-state index in [0.29, 0.717) is 17.5 Å². The summed E-state index contributed by atoms with van der Waals surface area (Å²) in [5, 5.41) is 18.3. The van der Waals surface area contributed by atoms with E-state index in [2.05, 4.69) is 4.98 Å². The zero-order valence-electron chi connectivity index (χ0n) is 8.92. The first-order chi connectivity index (χ1) is 7.11. The summed E-state index contributed by atoms with van der Waals surface area (Å²) in [7, 11) is 0. The van der Waals surface area contributed by atoms with Gasteiger partial charge in [-0.25, -0.2) is 0 Å². The smallest absolute Gasteiger partial charge is 0.268 e. The molecule has 0 saturated carbocycles. The second-order valence-corrected chi connectivity index (χ2v) is 3.50. The third kappa shape index (κ3) is 2.18. The minimum absolute atomic E-state index is 0.0962. The van der Waals surface area contributed by atoms with Crippen molar-refractivity contribution in [3.05, 3.63) is 27.0 Å². The Morgan fingerprint density at radius 3 is 2.73 bits per heavy atom. The molecular weight excluding hydrogens is 192 g/mol. The van der Waals surface area contributed by atoms with Crippen LogP contribution < -0.4 is 5.56 Å². The molecule has 0 radical (unpaired) electrons. The van der Waals surface area contributed by atoms with Crippen molar-refractivity contribution >= 4 is 0 Å². The highest BCUT2D eigenvalue weighted by atomic mass is 16.3. The monoisotopic (exact) mass is 206 g/mol. The number of unbranched alkanes of at least 4 members (excludes halogenated alkanes) is 1. The van der Waals surface area contributed by atoms with Crippen LogP contribution in [0.25, 0.3) is 0 Å². The summed E-state index contributed by atoms with van der Waals surface area (Å²) < 4.78 is 0. The SMILES string of the molecule is CCCCc1c(O)[nH]c(=O)c(C#N)c1C. The standard InChI is InChI=1S/C11H14N2O2/c1-3-4-5-8-7(2)9(6-12)11(15)13-10(8)14/h3-5H2,1-2H3,(H2,13,14,15). The molecule has 1 aromatic rings. The normalized spacial score (nSPS) is 9.93. The average molecular weight is 206 g/mol. The fourth-order valence-electron chi connectivity index (χ4n) is 1.54. The number of nitriles is 1. The van der Waals surface area contributed by atoms with Gasteiger partial charge in [-0.3, -0.25) is 9.78 Å². The van der Waals surface area contributed by atoms with Crippen molar-refractivity contribution in [2.24, 2.45) is 0 Å². The molecular formula is C11H14N2O2. The summed E-state index contributed by atoms with van der Waals surface area (Å²) in [6.07, 6.45) is 2.60. The lowest BCUT2D eigenvalue weighted by Gasteiger charge is -2.08. The Balaban J connectivity index is 3.28. The van der Waals surface area contributed by atoms with Gasteiger partial charge < -0.3 is 5.11 Å². The quantitative estimate of drug-likeness (QED) is 0.788. The second kappa shape index (κ2) is 4.65. The largest absolute Gasteiger partial charge is 0.494 e. The van der Waals surface area contributed by atoms with Crippen molar-refractivity contribution in [2.75, 3.05) is 0 Å². The molecule has 15 heavy (non-hydrogen) atoms. The maximum atomic E-state index is 11.3. The molecule has 0 aliphatic heterocycles. The number of nitrogens with zero attached hydrogens (tertiary/aromatic N) is 1. The van der Waals surface area contributed by atoms with Gasteiger partial charge in [0.2, 0.25) is 0 Å². The predicted molar refractivity (Wildman–Crippen MR) is 56.8 cm³/mol. The number of rotatable bonds is 3. The molecule has 0 amide bonds. The maximum Gasteiger partial charge on any atom is 0.268 e. The summed E-state index contributed by atoms with van der Waals surface area (Å²) in [4.78, 5) is 13.6. The maximum absolute atomic E-state index is 11.3. The second-order valence-electron chi connectivity index (χ2n) is 3.50. The van der Waals surface area contributed by atoms with Crippen LogP contribution >= 0.6 is 0 Å². The minimum atomic E-state index is -0.521. The van der Waals surface area contributed by atoms with Crippen LogP contribution in [0.15, 0.2) is 4.79 Å². The van der Waals surface area contributed by atoms with Gasteiger partial charge in [-0.05, 0) is 25.3 Å². The van der Waals surface area contributed by atoms with Gasteiger partial charge in [-0.2, -0.15) is 5.26 Å². The van der Waals surface area contributed by atoms with Crippen molar-refractivity contribution in [1.29, 1.82) is 5.26 Å². The molecule has 2 N–H and O–H groups in total. The molecule has 0 aliphatic rings. The molecule has 0 saturated heterocycles. The lowest BCUT2D eigenvalue weighted by molar-refractivity contribution is 0.442. The fourth-order valence-corrected chi connectivity index (χ4v) is 1.54. The lowest BCUT2D eigenvalue weighted by Crippen LogP contribution is -2.14. The van der Waals surface area contributed by atoms with E-state index in [1.54, 1.807) is 6.92 Å². The van der Waals surface area contributed by atoms with Gasteiger partial charge >= 0.3 is 0 Å². The van der Waals surface area contributed by atoms with Crippen LogP contribution in [-0.4, -0.2) is 10.1 Å². The van der Waals surface area contributed by atoms with Crippen LogP contribution in [0.4, 0.5) is 0 Å². The highest BCUT2D eigenvalue weighted by molar-refractivity contribution is 5.44. The zero-order chi connectivity index (χ0) is 11.4. The van der Waals surface area contributed by atoms with Crippen LogP contribution in [0.2, 0.25) is 0 Å². The first-order valence-corrected chi connectivity index (χ1v) is 4.96. The van der Waals surface area contributed by atoms with E-state index in [-0.39, 0.29) is 11.4 Å². The molecule has 0 spiro atoms. The van der Waals surface area contributed by atoms with E-state index in [1.165, 1.54) is 0 Å². The van der Waals surface area contributed by atoms with E-state index < -0.39 is 5.56 Å². The summed E-state index contributed by atoms with van der Waals surface area (Å²) in [5.41, 5.74) is 0.840. The number of nitrogens with one attached hydrogen (secondary N) is 1. The highest BCUT2D eigenvalue weighted by Crippen LogP contribution is 2.20. The van der Waals surface area contributed by atoms with E-state index in [1.807, 2.05) is 13.0 Å². The third-order valence-electron chi connectivity index (χ3n) is 2.46. The minimum Gasteiger partial charge on any atom is -0.494 e. The van der Waals surface area contributed by atoms with Gasteiger partial charge in [-0.15, -0.1) is 0 Å². The predicted octanol–water partition coefficient (Wildman–Crippen LogP) is 1.60. The van der Waals surface area contributed by atoms with E-state index in [4.69, 9.17) is 5.26 Å². The van der Waals surface area contributed by atoms with Crippen molar-refractivity contribution in [3.8, 4) is 11.9 Å². The summed E-state index contributed by atoms with van der Waals surface area (Å²) in [6.45, 7) is 3.74. The topological polar surface area (TPSA) is 76.9 Å². The van der Waals surface area contributed by atoms with Gasteiger partial charge in [0.05, 0.1) is 0 Å². The number of aromatic nitrogens is 1. The first-order valence-electron chi connectivity index (χ1n) is 4.96. The first kappa shape index (κ1) is 11.3. The summed E-state index contributed by atoms with van der Waals surface area (Å²) in [6, 6.07) is 1.85. The molecule has 0 aliphatic carbocycles. The number of aromatic hydroxyl groups is 1. The molecule has 4 nitrogen and oxygen atoms in total. The number of H-pyrrole nitrogens is 1. The molecule has 1 heterocycles.